The number of carbonyl (C=O) groups is 2. The number of fused-ring (bicyclic) bond motifs is 1. The van der Waals surface area contributed by atoms with Crippen LogP contribution in [0, 0.1) is 0 Å². The van der Waals surface area contributed by atoms with Crippen LogP contribution in [0.3, 0.4) is 0 Å². The van der Waals surface area contributed by atoms with Gasteiger partial charge in [0.15, 0.2) is 11.5 Å². The molecule has 0 bridgehead atoms. The lowest BCUT2D eigenvalue weighted by Crippen LogP contribution is -2.44. The van der Waals surface area contributed by atoms with Gasteiger partial charge in [0.1, 0.15) is 13.2 Å². The molecule has 2 aromatic rings. The van der Waals surface area contributed by atoms with Crippen LogP contribution in [0.15, 0.2) is 12.1 Å². The SMILES string of the molecule is CC(C)(C)c1ccc2nnc(C3CCN(C(=O)CN4CCOC4=O)CC3)n2n1. The molecule has 4 heterocycles. The summed E-state index contributed by atoms with van der Waals surface area (Å²) >= 11 is 0. The van der Waals surface area contributed by atoms with Gasteiger partial charge in [0, 0.05) is 24.4 Å². The Morgan fingerprint density at radius 3 is 2.57 bits per heavy atom. The second kappa shape index (κ2) is 7.03. The van der Waals surface area contributed by atoms with Crippen molar-refractivity contribution in [1.29, 1.82) is 0 Å². The molecule has 2 saturated heterocycles. The molecule has 0 N–H and O–H groups in total. The Bertz CT molecular complexity index is 895. The van der Waals surface area contributed by atoms with E-state index >= 15 is 0 Å². The van der Waals surface area contributed by atoms with Crippen molar-refractivity contribution in [3.05, 3.63) is 23.7 Å². The van der Waals surface area contributed by atoms with Gasteiger partial charge in [-0.1, -0.05) is 20.8 Å². The summed E-state index contributed by atoms with van der Waals surface area (Å²) in [6.07, 6.45) is 1.20. The van der Waals surface area contributed by atoms with Crippen molar-refractivity contribution in [1.82, 2.24) is 29.6 Å². The van der Waals surface area contributed by atoms with E-state index in [1.807, 2.05) is 21.5 Å². The highest BCUT2D eigenvalue weighted by Gasteiger charge is 2.31. The highest BCUT2D eigenvalue weighted by molar-refractivity contribution is 5.83. The van der Waals surface area contributed by atoms with Crippen LogP contribution in [0.1, 0.15) is 51.0 Å². The van der Waals surface area contributed by atoms with E-state index in [-0.39, 0.29) is 23.8 Å². The summed E-state index contributed by atoms with van der Waals surface area (Å²) in [5, 5.41) is 13.4. The van der Waals surface area contributed by atoms with Crippen molar-refractivity contribution in [2.24, 2.45) is 0 Å². The number of hydrogen-bond acceptors (Lipinski definition) is 6. The normalized spacial score (nSPS) is 18.8. The zero-order chi connectivity index (χ0) is 19.9. The van der Waals surface area contributed by atoms with E-state index < -0.39 is 6.09 Å². The van der Waals surface area contributed by atoms with Crippen LogP contribution < -0.4 is 0 Å². The van der Waals surface area contributed by atoms with E-state index in [1.165, 1.54) is 4.90 Å². The minimum atomic E-state index is -0.404. The maximum Gasteiger partial charge on any atom is 0.410 e. The number of carbonyl (C=O) groups excluding carboxylic acids is 2. The van der Waals surface area contributed by atoms with Gasteiger partial charge in [0.25, 0.3) is 0 Å². The molecule has 28 heavy (non-hydrogen) atoms. The van der Waals surface area contributed by atoms with E-state index in [0.29, 0.717) is 26.2 Å². The third-order valence-electron chi connectivity index (χ3n) is 5.44. The predicted molar refractivity (Wildman–Crippen MR) is 101 cm³/mol. The summed E-state index contributed by atoms with van der Waals surface area (Å²) < 4.78 is 6.74. The first-order chi connectivity index (χ1) is 13.3. The third kappa shape index (κ3) is 3.53. The number of ether oxygens (including phenoxy) is 1. The topological polar surface area (TPSA) is 92.9 Å². The first-order valence-corrected chi connectivity index (χ1v) is 9.75. The van der Waals surface area contributed by atoms with Crippen LogP contribution in [-0.2, 0) is 14.9 Å². The molecule has 0 aromatic carbocycles. The number of rotatable bonds is 3. The van der Waals surface area contributed by atoms with Gasteiger partial charge in [0.05, 0.1) is 12.2 Å². The molecule has 0 aliphatic carbocycles. The van der Waals surface area contributed by atoms with Gasteiger partial charge in [-0.25, -0.2) is 4.79 Å². The van der Waals surface area contributed by atoms with Crippen LogP contribution in [0.4, 0.5) is 4.79 Å². The molecule has 2 aliphatic rings. The summed E-state index contributed by atoms with van der Waals surface area (Å²) in [4.78, 5) is 27.3. The van der Waals surface area contributed by atoms with Crippen molar-refractivity contribution in [3.8, 4) is 0 Å². The van der Waals surface area contributed by atoms with Crippen LogP contribution in [-0.4, -0.2) is 74.4 Å². The fourth-order valence-electron chi connectivity index (χ4n) is 3.68. The molecule has 2 amide bonds. The summed E-state index contributed by atoms with van der Waals surface area (Å²) in [6, 6.07) is 3.95. The summed E-state index contributed by atoms with van der Waals surface area (Å²) in [5.41, 5.74) is 1.68. The molecule has 150 valence electrons. The monoisotopic (exact) mass is 386 g/mol. The van der Waals surface area contributed by atoms with E-state index in [9.17, 15) is 9.59 Å². The van der Waals surface area contributed by atoms with Crippen LogP contribution >= 0.6 is 0 Å². The number of piperidine rings is 1. The fourth-order valence-corrected chi connectivity index (χ4v) is 3.68. The molecule has 9 heteroatoms. The van der Waals surface area contributed by atoms with E-state index in [0.717, 1.165) is 30.0 Å². The second-order valence-electron chi connectivity index (χ2n) is 8.49. The Kier molecular flexibility index (Phi) is 4.68. The zero-order valence-electron chi connectivity index (χ0n) is 16.6. The number of aromatic nitrogens is 4. The Balaban J connectivity index is 1.43. The Hall–Kier alpha value is -2.71. The van der Waals surface area contributed by atoms with E-state index in [2.05, 4.69) is 31.0 Å². The highest BCUT2D eigenvalue weighted by Crippen LogP contribution is 2.28. The lowest BCUT2D eigenvalue weighted by molar-refractivity contribution is -0.132. The van der Waals surface area contributed by atoms with Gasteiger partial charge in [-0.05, 0) is 25.0 Å². The molecule has 9 nitrogen and oxygen atoms in total. The van der Waals surface area contributed by atoms with Crippen LogP contribution in [0.5, 0.6) is 0 Å². The predicted octanol–water partition coefficient (Wildman–Crippen LogP) is 1.58. The van der Waals surface area contributed by atoms with Crippen molar-refractivity contribution < 1.29 is 14.3 Å². The number of nitrogens with zero attached hydrogens (tertiary/aromatic N) is 6. The minimum absolute atomic E-state index is 0.0310. The summed E-state index contributed by atoms with van der Waals surface area (Å²) in [7, 11) is 0. The van der Waals surface area contributed by atoms with Gasteiger partial charge < -0.3 is 9.64 Å². The average molecular weight is 386 g/mol. The van der Waals surface area contributed by atoms with Gasteiger partial charge in [0.2, 0.25) is 5.91 Å². The molecular formula is C19H26N6O3. The zero-order valence-corrected chi connectivity index (χ0v) is 16.6. The van der Waals surface area contributed by atoms with Gasteiger partial charge in [-0.3, -0.25) is 9.69 Å². The Morgan fingerprint density at radius 2 is 1.93 bits per heavy atom. The Labute approximate surface area is 163 Å². The summed E-state index contributed by atoms with van der Waals surface area (Å²) in [6.45, 7) is 8.60. The molecule has 2 aliphatic heterocycles. The van der Waals surface area contributed by atoms with Crippen molar-refractivity contribution in [3.63, 3.8) is 0 Å². The minimum Gasteiger partial charge on any atom is -0.448 e. The molecule has 4 rings (SSSR count). The van der Waals surface area contributed by atoms with Crippen molar-refractivity contribution >= 4 is 17.6 Å². The molecule has 0 atom stereocenters. The molecule has 0 unspecified atom stereocenters. The number of hydrogen-bond donors (Lipinski definition) is 0. The number of amides is 2. The molecule has 0 spiro atoms. The van der Waals surface area contributed by atoms with Crippen molar-refractivity contribution in [2.75, 3.05) is 32.8 Å². The first kappa shape index (κ1) is 18.6. The fraction of sp³-hybridized carbons (Fsp3) is 0.632. The van der Waals surface area contributed by atoms with Crippen molar-refractivity contribution in [2.45, 2.75) is 44.9 Å². The quantitative estimate of drug-likeness (QED) is 0.795. The lowest BCUT2D eigenvalue weighted by Gasteiger charge is -2.32. The first-order valence-electron chi connectivity index (χ1n) is 9.75. The third-order valence-corrected chi connectivity index (χ3v) is 5.44. The number of cyclic esters (lactones) is 1. The molecule has 0 radical (unpaired) electrons. The smallest absolute Gasteiger partial charge is 0.410 e. The van der Waals surface area contributed by atoms with Crippen LogP contribution in [0.25, 0.3) is 5.65 Å². The van der Waals surface area contributed by atoms with Gasteiger partial charge in [-0.15, -0.1) is 10.2 Å². The lowest BCUT2D eigenvalue weighted by atomic mass is 9.92. The van der Waals surface area contributed by atoms with E-state index in [1.54, 1.807) is 0 Å². The average Bonchev–Trinajstić information content (AvgIpc) is 3.27. The maximum atomic E-state index is 12.5. The van der Waals surface area contributed by atoms with Gasteiger partial charge >= 0.3 is 6.09 Å². The summed E-state index contributed by atoms with van der Waals surface area (Å²) in [5.74, 6) is 1.03. The Morgan fingerprint density at radius 1 is 1.18 bits per heavy atom. The van der Waals surface area contributed by atoms with Crippen LogP contribution in [0.2, 0.25) is 0 Å². The second-order valence-corrected chi connectivity index (χ2v) is 8.49. The standard InChI is InChI=1S/C19H26N6O3/c1-19(2,3)14-4-5-15-20-21-17(25(15)22-14)13-6-8-23(9-7-13)16(26)12-24-10-11-28-18(24)27/h4-5,13H,6-12H2,1-3H3. The largest absolute Gasteiger partial charge is 0.448 e. The molecule has 2 aromatic heterocycles. The highest BCUT2D eigenvalue weighted by atomic mass is 16.6. The van der Waals surface area contributed by atoms with Gasteiger partial charge in [-0.2, -0.15) is 9.61 Å². The molecular weight excluding hydrogens is 360 g/mol. The number of likely N-dealkylation sites (tertiary alicyclic amines) is 1. The molecule has 0 saturated carbocycles. The van der Waals surface area contributed by atoms with E-state index in [4.69, 9.17) is 9.84 Å². The maximum absolute atomic E-state index is 12.5. The molecule has 2 fully saturated rings.